The molecular weight excluding hydrogens is 357 g/mol. The Balaban J connectivity index is 1.81. The van der Waals surface area contributed by atoms with E-state index in [9.17, 15) is 17.6 Å². The van der Waals surface area contributed by atoms with Gasteiger partial charge in [0.25, 0.3) is 0 Å². The molecule has 0 fully saturated rings. The molecule has 26 heavy (non-hydrogen) atoms. The van der Waals surface area contributed by atoms with Crippen LogP contribution >= 0.6 is 0 Å². The number of esters is 1. The number of nitrogens with one attached hydrogen (secondary N) is 1. The fraction of sp³-hybridized carbons (Fsp3) is 0.316. The summed E-state index contributed by atoms with van der Waals surface area (Å²) in [6.45, 7) is 1.89. The molecule has 7 heteroatoms. The third-order valence-corrected chi connectivity index (χ3v) is 6.11. The molecule has 0 spiro atoms. The zero-order valence-corrected chi connectivity index (χ0v) is 15.4. The Bertz CT molecular complexity index is 939. The molecule has 5 nitrogen and oxygen atoms in total. The van der Waals surface area contributed by atoms with Gasteiger partial charge in [-0.3, -0.25) is 0 Å². The highest BCUT2D eigenvalue weighted by molar-refractivity contribution is 7.89. The average molecular weight is 377 g/mol. The first-order chi connectivity index (χ1) is 12.3. The molecule has 0 aromatic heterocycles. The molecule has 0 bridgehead atoms. The molecule has 0 heterocycles. The van der Waals surface area contributed by atoms with Crippen LogP contribution in [0.4, 0.5) is 4.39 Å². The molecule has 1 aliphatic rings. The van der Waals surface area contributed by atoms with Crippen LogP contribution in [0, 0.1) is 12.7 Å². The Hall–Kier alpha value is -2.25. The topological polar surface area (TPSA) is 72.5 Å². The van der Waals surface area contributed by atoms with Gasteiger partial charge in [-0.15, -0.1) is 0 Å². The SMILES string of the molecule is COC(=O)c1cc2c(cc1F)CCC(NS(=O)(=O)c1ccc(C)cc1)C2. The van der Waals surface area contributed by atoms with Crippen molar-refractivity contribution in [2.24, 2.45) is 0 Å². The van der Waals surface area contributed by atoms with Crippen LogP contribution in [0.3, 0.4) is 0 Å². The summed E-state index contributed by atoms with van der Waals surface area (Å²) in [5, 5.41) is 0. The van der Waals surface area contributed by atoms with E-state index in [0.29, 0.717) is 19.3 Å². The number of hydrogen-bond donors (Lipinski definition) is 1. The zero-order valence-electron chi connectivity index (χ0n) is 14.6. The van der Waals surface area contributed by atoms with Crippen LogP contribution < -0.4 is 4.72 Å². The lowest BCUT2D eigenvalue weighted by atomic mass is 9.87. The van der Waals surface area contributed by atoms with Crippen molar-refractivity contribution in [1.29, 1.82) is 0 Å². The third kappa shape index (κ3) is 3.78. The van der Waals surface area contributed by atoms with Crippen LogP contribution in [0.2, 0.25) is 0 Å². The van der Waals surface area contributed by atoms with Gasteiger partial charge in [0.2, 0.25) is 10.0 Å². The van der Waals surface area contributed by atoms with Gasteiger partial charge in [-0.1, -0.05) is 17.7 Å². The van der Waals surface area contributed by atoms with Gasteiger partial charge in [-0.2, -0.15) is 0 Å². The Morgan fingerprint density at radius 3 is 2.54 bits per heavy atom. The number of carbonyl (C=O) groups is 1. The second-order valence-corrected chi connectivity index (χ2v) is 8.18. The maximum atomic E-state index is 14.0. The fourth-order valence-corrected chi connectivity index (χ4v) is 4.42. The molecule has 3 rings (SSSR count). The van der Waals surface area contributed by atoms with E-state index in [-0.39, 0.29) is 16.5 Å². The van der Waals surface area contributed by atoms with E-state index in [1.165, 1.54) is 19.2 Å². The predicted molar refractivity (Wildman–Crippen MR) is 95.1 cm³/mol. The summed E-state index contributed by atoms with van der Waals surface area (Å²) < 4.78 is 46.4. The molecule has 0 amide bonds. The van der Waals surface area contributed by atoms with Crippen LogP contribution in [0.15, 0.2) is 41.3 Å². The Labute approximate surface area is 152 Å². The lowest BCUT2D eigenvalue weighted by Crippen LogP contribution is -2.39. The predicted octanol–water partition coefficient (Wildman–Crippen LogP) is 2.76. The van der Waals surface area contributed by atoms with E-state index >= 15 is 0 Å². The minimum Gasteiger partial charge on any atom is -0.465 e. The standard InChI is InChI=1S/C19H20FNO4S/c1-12-3-7-16(8-4-12)26(23,24)21-15-6-5-13-11-18(20)17(19(22)25-2)10-14(13)9-15/h3-4,7-8,10-11,15,21H,5-6,9H2,1-2H3. The van der Waals surface area contributed by atoms with Crippen molar-refractivity contribution in [3.05, 3.63) is 64.5 Å². The van der Waals surface area contributed by atoms with Crippen LogP contribution in [0.1, 0.15) is 33.5 Å². The second kappa shape index (κ2) is 7.17. The molecule has 2 aromatic rings. The molecule has 1 unspecified atom stereocenters. The van der Waals surface area contributed by atoms with Gasteiger partial charge in [0.1, 0.15) is 5.82 Å². The molecule has 0 saturated carbocycles. The summed E-state index contributed by atoms with van der Waals surface area (Å²) in [7, 11) is -2.44. The first-order valence-corrected chi connectivity index (χ1v) is 9.77. The Morgan fingerprint density at radius 2 is 1.88 bits per heavy atom. The van der Waals surface area contributed by atoms with E-state index in [0.717, 1.165) is 16.7 Å². The van der Waals surface area contributed by atoms with Crippen molar-refractivity contribution in [3.63, 3.8) is 0 Å². The van der Waals surface area contributed by atoms with E-state index in [4.69, 9.17) is 0 Å². The lowest BCUT2D eigenvalue weighted by Gasteiger charge is -2.26. The molecule has 1 N–H and O–H groups in total. The monoisotopic (exact) mass is 377 g/mol. The van der Waals surface area contributed by atoms with Crippen molar-refractivity contribution >= 4 is 16.0 Å². The molecule has 0 radical (unpaired) electrons. The second-order valence-electron chi connectivity index (χ2n) is 6.47. The minimum absolute atomic E-state index is 0.131. The van der Waals surface area contributed by atoms with E-state index < -0.39 is 21.8 Å². The molecular formula is C19H20FNO4S. The fourth-order valence-electron chi connectivity index (χ4n) is 3.15. The van der Waals surface area contributed by atoms with Gasteiger partial charge in [-0.05, 0) is 61.6 Å². The third-order valence-electron chi connectivity index (χ3n) is 4.58. The van der Waals surface area contributed by atoms with E-state index in [1.807, 2.05) is 6.92 Å². The van der Waals surface area contributed by atoms with Gasteiger partial charge < -0.3 is 4.74 Å². The van der Waals surface area contributed by atoms with Crippen LogP contribution in [-0.2, 0) is 27.6 Å². The first kappa shape index (κ1) is 18.5. The number of ether oxygens (including phenoxy) is 1. The van der Waals surface area contributed by atoms with Gasteiger partial charge in [0.05, 0.1) is 17.6 Å². The van der Waals surface area contributed by atoms with Gasteiger partial charge >= 0.3 is 5.97 Å². The molecule has 0 saturated heterocycles. The quantitative estimate of drug-likeness (QED) is 0.832. The van der Waals surface area contributed by atoms with Gasteiger partial charge in [0, 0.05) is 6.04 Å². The van der Waals surface area contributed by atoms with E-state index in [1.54, 1.807) is 24.3 Å². The zero-order chi connectivity index (χ0) is 18.9. The van der Waals surface area contributed by atoms with Crippen LogP contribution in [0.5, 0.6) is 0 Å². The highest BCUT2D eigenvalue weighted by Gasteiger charge is 2.26. The van der Waals surface area contributed by atoms with Crippen molar-refractivity contribution in [2.45, 2.75) is 37.1 Å². The molecule has 1 atom stereocenters. The number of sulfonamides is 1. The summed E-state index contributed by atoms with van der Waals surface area (Å²) in [5.74, 6) is -1.36. The number of carbonyl (C=O) groups excluding carboxylic acids is 1. The minimum atomic E-state index is -3.63. The molecule has 1 aliphatic carbocycles. The molecule has 138 valence electrons. The van der Waals surface area contributed by atoms with Crippen molar-refractivity contribution in [1.82, 2.24) is 4.72 Å². The van der Waals surface area contributed by atoms with Crippen molar-refractivity contribution in [3.8, 4) is 0 Å². The van der Waals surface area contributed by atoms with Crippen molar-refractivity contribution in [2.75, 3.05) is 7.11 Å². The average Bonchev–Trinajstić information content (AvgIpc) is 2.61. The summed E-state index contributed by atoms with van der Waals surface area (Å²) in [6, 6.07) is 9.12. The highest BCUT2D eigenvalue weighted by atomic mass is 32.2. The number of benzene rings is 2. The smallest absolute Gasteiger partial charge is 0.340 e. The summed E-state index contributed by atoms with van der Waals surface area (Å²) in [6.07, 6.45) is 1.49. The van der Waals surface area contributed by atoms with Gasteiger partial charge in [-0.25, -0.2) is 22.3 Å². The van der Waals surface area contributed by atoms with Crippen LogP contribution in [-0.4, -0.2) is 27.5 Å². The summed E-state index contributed by atoms with van der Waals surface area (Å²) in [5.41, 5.74) is 2.40. The number of fused-ring (bicyclic) bond motifs is 1. The number of hydrogen-bond acceptors (Lipinski definition) is 4. The van der Waals surface area contributed by atoms with Gasteiger partial charge in [0.15, 0.2) is 0 Å². The maximum Gasteiger partial charge on any atom is 0.340 e. The summed E-state index contributed by atoms with van der Waals surface area (Å²) >= 11 is 0. The lowest BCUT2D eigenvalue weighted by molar-refractivity contribution is 0.0595. The number of methoxy groups -OCH3 is 1. The number of halogens is 1. The first-order valence-electron chi connectivity index (χ1n) is 8.29. The highest BCUT2D eigenvalue weighted by Crippen LogP contribution is 2.26. The Morgan fingerprint density at radius 1 is 1.19 bits per heavy atom. The normalized spacial score (nSPS) is 16.8. The van der Waals surface area contributed by atoms with Crippen LogP contribution in [0.25, 0.3) is 0 Å². The summed E-state index contributed by atoms with van der Waals surface area (Å²) in [4.78, 5) is 11.9. The van der Waals surface area contributed by atoms with Crippen molar-refractivity contribution < 1.29 is 22.3 Å². The Kier molecular flexibility index (Phi) is 5.11. The molecule has 0 aliphatic heterocycles. The maximum absolute atomic E-state index is 14.0. The molecule has 2 aromatic carbocycles. The number of rotatable bonds is 4. The largest absolute Gasteiger partial charge is 0.465 e. The number of aryl methyl sites for hydroxylation is 2. The van der Waals surface area contributed by atoms with E-state index in [2.05, 4.69) is 9.46 Å².